The Kier molecular flexibility index (Phi) is 4.50. The highest BCUT2D eigenvalue weighted by atomic mass is 16.5. The van der Waals surface area contributed by atoms with Crippen molar-refractivity contribution in [3.63, 3.8) is 0 Å². The van der Waals surface area contributed by atoms with Crippen LogP contribution < -0.4 is 0 Å². The molecule has 0 saturated carbocycles. The fraction of sp³-hybridized carbons (Fsp3) is 0.571. The third-order valence-electron chi connectivity index (χ3n) is 3.84. The molecule has 1 aliphatic heterocycles. The van der Waals surface area contributed by atoms with Crippen LogP contribution in [0.1, 0.15) is 25.5 Å². The third kappa shape index (κ3) is 2.93. The van der Waals surface area contributed by atoms with Crippen LogP contribution in [-0.4, -0.2) is 46.8 Å². The number of hydrogen-bond acceptors (Lipinski definition) is 4. The summed E-state index contributed by atoms with van der Waals surface area (Å²) in [4.78, 5) is 17.5. The molecule has 0 amide bonds. The van der Waals surface area contributed by atoms with Crippen molar-refractivity contribution in [2.24, 2.45) is 5.92 Å². The summed E-state index contributed by atoms with van der Waals surface area (Å²) in [5.74, 6) is -1.22. The third-order valence-corrected chi connectivity index (χ3v) is 3.84. The summed E-state index contributed by atoms with van der Waals surface area (Å²) in [6, 6.07) is 4.03. The molecular weight excluding hydrogens is 244 g/mol. The summed E-state index contributed by atoms with van der Waals surface area (Å²) in [6.07, 6.45) is 3.53. The van der Waals surface area contributed by atoms with Crippen LogP contribution in [0.2, 0.25) is 0 Å². The van der Waals surface area contributed by atoms with Gasteiger partial charge < -0.3 is 9.84 Å². The van der Waals surface area contributed by atoms with Crippen molar-refractivity contribution in [2.45, 2.75) is 25.9 Å². The average molecular weight is 264 g/mol. The lowest BCUT2D eigenvalue weighted by Gasteiger charge is -2.34. The van der Waals surface area contributed by atoms with Gasteiger partial charge in [0.2, 0.25) is 0 Å². The molecule has 0 aromatic carbocycles. The molecule has 3 unspecified atom stereocenters. The highest BCUT2D eigenvalue weighted by Gasteiger charge is 2.39. The van der Waals surface area contributed by atoms with Crippen LogP contribution in [0.25, 0.3) is 0 Å². The van der Waals surface area contributed by atoms with Gasteiger partial charge >= 0.3 is 5.97 Å². The molecule has 2 heterocycles. The smallest absolute Gasteiger partial charge is 0.310 e. The molecule has 1 aromatic heterocycles. The highest BCUT2D eigenvalue weighted by molar-refractivity contribution is 5.71. The Bertz CT molecular complexity index is 424. The van der Waals surface area contributed by atoms with Crippen LogP contribution in [0.15, 0.2) is 24.5 Å². The number of nitrogens with zero attached hydrogens (tertiary/aromatic N) is 2. The van der Waals surface area contributed by atoms with Crippen LogP contribution in [0.4, 0.5) is 0 Å². The van der Waals surface area contributed by atoms with Gasteiger partial charge in [-0.1, -0.05) is 6.92 Å². The topological polar surface area (TPSA) is 62.7 Å². The van der Waals surface area contributed by atoms with Crippen LogP contribution in [0.3, 0.4) is 0 Å². The molecule has 1 aromatic rings. The molecule has 1 aliphatic rings. The molecule has 5 nitrogen and oxygen atoms in total. The molecule has 1 N–H and O–H groups in total. The molecule has 19 heavy (non-hydrogen) atoms. The predicted molar refractivity (Wildman–Crippen MR) is 70.8 cm³/mol. The van der Waals surface area contributed by atoms with Gasteiger partial charge in [-0.2, -0.15) is 0 Å². The maximum atomic E-state index is 11.3. The van der Waals surface area contributed by atoms with E-state index in [1.807, 2.05) is 12.1 Å². The molecular formula is C14H20N2O3. The molecule has 104 valence electrons. The number of rotatable bonds is 5. The Labute approximate surface area is 113 Å². The first-order valence-electron chi connectivity index (χ1n) is 6.61. The summed E-state index contributed by atoms with van der Waals surface area (Å²) in [7, 11) is 0. The molecule has 0 bridgehead atoms. The van der Waals surface area contributed by atoms with Gasteiger partial charge in [0.05, 0.1) is 19.1 Å². The molecule has 5 heteroatoms. The van der Waals surface area contributed by atoms with Gasteiger partial charge in [-0.25, -0.2) is 0 Å². The lowest BCUT2D eigenvalue weighted by atomic mass is 9.98. The Balaban J connectivity index is 2.17. The van der Waals surface area contributed by atoms with E-state index in [1.165, 1.54) is 0 Å². The van der Waals surface area contributed by atoms with E-state index in [2.05, 4.69) is 23.7 Å². The second-order valence-corrected chi connectivity index (χ2v) is 4.84. The van der Waals surface area contributed by atoms with Crippen molar-refractivity contribution >= 4 is 5.97 Å². The fourth-order valence-electron chi connectivity index (χ4n) is 2.73. The molecule has 0 spiro atoms. The second kappa shape index (κ2) is 6.12. The average Bonchev–Trinajstić information content (AvgIpc) is 2.90. The Hall–Kier alpha value is -1.46. The van der Waals surface area contributed by atoms with Gasteiger partial charge in [0, 0.05) is 24.5 Å². The SMILES string of the molecule is CCN(C(C)c1ccncc1)C1COCC1C(=O)O. The summed E-state index contributed by atoms with van der Waals surface area (Å²) in [5.41, 5.74) is 1.15. The maximum absolute atomic E-state index is 11.3. The van der Waals surface area contributed by atoms with E-state index in [1.54, 1.807) is 12.4 Å². The number of aromatic nitrogens is 1. The highest BCUT2D eigenvalue weighted by Crippen LogP contribution is 2.28. The summed E-state index contributed by atoms with van der Waals surface area (Å²) < 4.78 is 5.37. The number of hydrogen-bond donors (Lipinski definition) is 1. The molecule has 1 fully saturated rings. The number of pyridine rings is 1. The minimum absolute atomic E-state index is 0.0642. The minimum atomic E-state index is -0.775. The first kappa shape index (κ1) is 14.0. The van der Waals surface area contributed by atoms with E-state index >= 15 is 0 Å². The lowest BCUT2D eigenvalue weighted by Crippen LogP contribution is -2.44. The van der Waals surface area contributed by atoms with Gasteiger partial charge in [-0.15, -0.1) is 0 Å². The first-order valence-corrected chi connectivity index (χ1v) is 6.61. The zero-order valence-electron chi connectivity index (χ0n) is 11.3. The zero-order valence-corrected chi connectivity index (χ0v) is 11.3. The van der Waals surface area contributed by atoms with Gasteiger partial charge in [0.15, 0.2) is 0 Å². The van der Waals surface area contributed by atoms with E-state index in [9.17, 15) is 9.90 Å². The Morgan fingerprint density at radius 3 is 2.79 bits per heavy atom. The number of carbonyl (C=O) groups is 1. The quantitative estimate of drug-likeness (QED) is 0.874. The summed E-state index contributed by atoms with van der Waals surface area (Å²) >= 11 is 0. The van der Waals surface area contributed by atoms with Gasteiger partial charge in [0.1, 0.15) is 0 Å². The minimum Gasteiger partial charge on any atom is -0.481 e. The number of ether oxygens (including phenoxy) is 1. The van der Waals surface area contributed by atoms with Gasteiger partial charge in [0.25, 0.3) is 0 Å². The standard InChI is InChI=1S/C14H20N2O3/c1-3-16(10(2)11-4-6-15-7-5-11)13-9-19-8-12(13)14(17)18/h4-7,10,12-13H,3,8-9H2,1-2H3,(H,17,18). The summed E-state index contributed by atoms with van der Waals surface area (Å²) in [5, 5.41) is 9.26. The molecule has 2 rings (SSSR count). The number of carboxylic acid groups (broad SMARTS) is 1. The Morgan fingerprint density at radius 2 is 2.21 bits per heavy atom. The van der Waals surface area contributed by atoms with Crippen molar-refractivity contribution in [1.82, 2.24) is 9.88 Å². The monoisotopic (exact) mass is 264 g/mol. The van der Waals surface area contributed by atoms with E-state index in [0.29, 0.717) is 13.2 Å². The molecule has 0 aliphatic carbocycles. The van der Waals surface area contributed by atoms with E-state index in [-0.39, 0.29) is 12.1 Å². The van der Waals surface area contributed by atoms with Crippen molar-refractivity contribution in [3.8, 4) is 0 Å². The maximum Gasteiger partial charge on any atom is 0.310 e. The van der Waals surface area contributed by atoms with Gasteiger partial charge in [-0.3, -0.25) is 14.7 Å². The molecule has 0 radical (unpaired) electrons. The predicted octanol–water partition coefficient (Wildman–Crippen LogP) is 1.56. The first-order chi connectivity index (χ1) is 9.15. The molecule has 3 atom stereocenters. The van der Waals surface area contributed by atoms with Crippen molar-refractivity contribution in [3.05, 3.63) is 30.1 Å². The number of aliphatic carboxylic acids is 1. The Morgan fingerprint density at radius 1 is 1.53 bits per heavy atom. The van der Waals surface area contributed by atoms with Crippen LogP contribution in [0.5, 0.6) is 0 Å². The summed E-state index contributed by atoms with van der Waals surface area (Å²) in [6.45, 7) is 5.73. The second-order valence-electron chi connectivity index (χ2n) is 4.84. The van der Waals surface area contributed by atoms with Crippen LogP contribution in [0, 0.1) is 5.92 Å². The normalized spacial score (nSPS) is 24.6. The number of carboxylic acids is 1. The lowest BCUT2D eigenvalue weighted by molar-refractivity contribution is -0.143. The zero-order chi connectivity index (χ0) is 13.8. The van der Waals surface area contributed by atoms with Crippen molar-refractivity contribution < 1.29 is 14.6 Å². The van der Waals surface area contributed by atoms with Crippen molar-refractivity contribution in [1.29, 1.82) is 0 Å². The largest absolute Gasteiger partial charge is 0.481 e. The fourth-order valence-corrected chi connectivity index (χ4v) is 2.73. The van der Waals surface area contributed by atoms with E-state index in [4.69, 9.17) is 4.74 Å². The van der Waals surface area contributed by atoms with E-state index < -0.39 is 11.9 Å². The van der Waals surface area contributed by atoms with Crippen LogP contribution >= 0.6 is 0 Å². The molecule has 1 saturated heterocycles. The van der Waals surface area contributed by atoms with Gasteiger partial charge in [-0.05, 0) is 31.2 Å². The van der Waals surface area contributed by atoms with E-state index in [0.717, 1.165) is 12.1 Å². The number of likely N-dealkylation sites (N-methyl/N-ethyl adjacent to an activating group) is 1. The van der Waals surface area contributed by atoms with Crippen molar-refractivity contribution in [2.75, 3.05) is 19.8 Å². The van der Waals surface area contributed by atoms with Crippen LogP contribution in [-0.2, 0) is 9.53 Å².